The van der Waals surface area contributed by atoms with E-state index in [1.807, 2.05) is 20.1 Å². The standard InChI is InChI=1S/C18H27N3O3S/c1-5-16(22)20-14(9-10-25-4)18(24)21-15-11-13(8-7-12(15)3)17(23)19-6-2/h7-8,11,14H,5-6,9-10H2,1-4H3,(H,19,23)(H,20,22)(H,21,24)/t14-/m1/s1. The van der Waals surface area contributed by atoms with E-state index < -0.39 is 6.04 Å². The highest BCUT2D eigenvalue weighted by Gasteiger charge is 2.20. The Labute approximate surface area is 153 Å². The molecule has 0 aromatic heterocycles. The molecule has 0 aliphatic carbocycles. The highest BCUT2D eigenvalue weighted by Crippen LogP contribution is 2.18. The van der Waals surface area contributed by atoms with Crippen LogP contribution in [-0.4, -0.2) is 42.3 Å². The number of hydrogen-bond donors (Lipinski definition) is 3. The molecule has 1 atom stereocenters. The van der Waals surface area contributed by atoms with Crippen LogP contribution in [0.1, 0.15) is 42.6 Å². The van der Waals surface area contributed by atoms with Crippen molar-refractivity contribution < 1.29 is 14.4 Å². The molecule has 1 rings (SSSR count). The third kappa shape index (κ3) is 6.78. The van der Waals surface area contributed by atoms with E-state index >= 15 is 0 Å². The number of carbonyl (C=O) groups excluding carboxylic acids is 3. The van der Waals surface area contributed by atoms with Gasteiger partial charge in [0.05, 0.1) is 0 Å². The summed E-state index contributed by atoms with van der Waals surface area (Å²) in [6.45, 7) is 5.99. The first kappa shape index (κ1) is 21.0. The first-order valence-electron chi connectivity index (χ1n) is 8.40. The normalized spacial score (nSPS) is 11.5. The van der Waals surface area contributed by atoms with Gasteiger partial charge in [-0.3, -0.25) is 14.4 Å². The molecule has 0 fully saturated rings. The molecule has 0 heterocycles. The van der Waals surface area contributed by atoms with Crippen molar-refractivity contribution in [1.29, 1.82) is 0 Å². The van der Waals surface area contributed by atoms with Crippen LogP contribution >= 0.6 is 11.8 Å². The van der Waals surface area contributed by atoms with Gasteiger partial charge in [-0.25, -0.2) is 0 Å². The lowest BCUT2D eigenvalue weighted by atomic mass is 10.1. The SMILES string of the molecule is CCNC(=O)c1ccc(C)c(NC(=O)[C@@H](CCSC)NC(=O)CC)c1. The van der Waals surface area contributed by atoms with Gasteiger partial charge in [0.1, 0.15) is 6.04 Å². The van der Waals surface area contributed by atoms with Crippen LogP contribution in [0.5, 0.6) is 0 Å². The highest BCUT2D eigenvalue weighted by molar-refractivity contribution is 7.98. The third-order valence-electron chi connectivity index (χ3n) is 3.68. The van der Waals surface area contributed by atoms with E-state index in [9.17, 15) is 14.4 Å². The van der Waals surface area contributed by atoms with Crippen molar-refractivity contribution in [2.45, 2.75) is 39.7 Å². The van der Waals surface area contributed by atoms with Crippen molar-refractivity contribution in [3.8, 4) is 0 Å². The van der Waals surface area contributed by atoms with Gasteiger partial charge in [0, 0.05) is 24.2 Å². The number of carbonyl (C=O) groups is 3. The lowest BCUT2D eigenvalue weighted by molar-refractivity contribution is -0.126. The molecule has 0 saturated carbocycles. The van der Waals surface area contributed by atoms with Gasteiger partial charge in [-0.1, -0.05) is 13.0 Å². The van der Waals surface area contributed by atoms with E-state index in [0.29, 0.717) is 30.6 Å². The average Bonchev–Trinajstić information content (AvgIpc) is 2.60. The Morgan fingerprint density at radius 2 is 1.92 bits per heavy atom. The lowest BCUT2D eigenvalue weighted by Gasteiger charge is -2.19. The van der Waals surface area contributed by atoms with Crippen LogP contribution < -0.4 is 16.0 Å². The second-order valence-electron chi connectivity index (χ2n) is 5.63. The number of aryl methyl sites for hydroxylation is 1. The molecule has 0 aliphatic rings. The maximum atomic E-state index is 12.6. The van der Waals surface area contributed by atoms with E-state index in [2.05, 4.69) is 16.0 Å². The quantitative estimate of drug-likeness (QED) is 0.627. The summed E-state index contributed by atoms with van der Waals surface area (Å²) < 4.78 is 0. The number of hydrogen-bond acceptors (Lipinski definition) is 4. The Morgan fingerprint density at radius 3 is 2.52 bits per heavy atom. The highest BCUT2D eigenvalue weighted by atomic mass is 32.2. The smallest absolute Gasteiger partial charge is 0.251 e. The minimum Gasteiger partial charge on any atom is -0.352 e. The largest absolute Gasteiger partial charge is 0.352 e. The summed E-state index contributed by atoms with van der Waals surface area (Å²) in [4.78, 5) is 36.2. The molecule has 0 radical (unpaired) electrons. The Balaban J connectivity index is 2.92. The molecule has 6 nitrogen and oxygen atoms in total. The van der Waals surface area contributed by atoms with Gasteiger partial charge in [-0.15, -0.1) is 0 Å². The monoisotopic (exact) mass is 365 g/mol. The third-order valence-corrected chi connectivity index (χ3v) is 4.32. The summed E-state index contributed by atoms with van der Waals surface area (Å²) in [5.41, 5.74) is 1.92. The number of rotatable bonds is 9. The second-order valence-corrected chi connectivity index (χ2v) is 6.62. The maximum Gasteiger partial charge on any atom is 0.251 e. The molecule has 7 heteroatoms. The molecule has 138 valence electrons. The number of thioether (sulfide) groups is 1. The van der Waals surface area contributed by atoms with Crippen molar-refractivity contribution in [1.82, 2.24) is 10.6 Å². The van der Waals surface area contributed by atoms with Gasteiger partial charge in [0.15, 0.2) is 0 Å². The summed E-state index contributed by atoms with van der Waals surface area (Å²) in [6.07, 6.45) is 2.83. The predicted molar refractivity (Wildman–Crippen MR) is 103 cm³/mol. The molecule has 1 aromatic carbocycles. The van der Waals surface area contributed by atoms with E-state index in [4.69, 9.17) is 0 Å². The summed E-state index contributed by atoms with van der Waals surface area (Å²) in [5, 5.41) is 8.33. The van der Waals surface area contributed by atoms with E-state index in [1.54, 1.807) is 36.9 Å². The minimum absolute atomic E-state index is 0.158. The van der Waals surface area contributed by atoms with Gasteiger partial charge < -0.3 is 16.0 Å². The molecule has 0 unspecified atom stereocenters. The molecule has 3 amide bonds. The van der Waals surface area contributed by atoms with Gasteiger partial charge in [-0.05, 0) is 50.0 Å². The van der Waals surface area contributed by atoms with Crippen molar-refractivity contribution in [2.75, 3.05) is 23.9 Å². The molecule has 0 bridgehead atoms. The number of nitrogens with one attached hydrogen (secondary N) is 3. The maximum absolute atomic E-state index is 12.6. The van der Waals surface area contributed by atoms with Gasteiger partial charge >= 0.3 is 0 Å². The molecule has 0 spiro atoms. The van der Waals surface area contributed by atoms with Gasteiger partial charge in [-0.2, -0.15) is 11.8 Å². The zero-order chi connectivity index (χ0) is 18.8. The number of amides is 3. The van der Waals surface area contributed by atoms with Crippen molar-refractivity contribution in [2.24, 2.45) is 0 Å². The average molecular weight is 365 g/mol. The number of benzene rings is 1. The Bertz CT molecular complexity index is 620. The van der Waals surface area contributed by atoms with Crippen LogP contribution in [0.4, 0.5) is 5.69 Å². The molecule has 1 aromatic rings. The Hall–Kier alpha value is -2.02. The van der Waals surface area contributed by atoms with Crippen molar-refractivity contribution in [3.05, 3.63) is 29.3 Å². The van der Waals surface area contributed by atoms with Crippen LogP contribution in [0, 0.1) is 6.92 Å². The second kappa shape index (κ2) is 10.8. The zero-order valence-electron chi connectivity index (χ0n) is 15.3. The fourth-order valence-electron chi connectivity index (χ4n) is 2.18. The summed E-state index contributed by atoms with van der Waals surface area (Å²) in [7, 11) is 0. The van der Waals surface area contributed by atoms with Crippen molar-refractivity contribution in [3.63, 3.8) is 0 Å². The first-order valence-corrected chi connectivity index (χ1v) is 9.80. The van der Waals surface area contributed by atoms with Crippen LogP contribution in [0.2, 0.25) is 0 Å². The predicted octanol–water partition coefficient (Wildman–Crippen LogP) is 2.33. The van der Waals surface area contributed by atoms with E-state index in [-0.39, 0.29) is 17.7 Å². The topological polar surface area (TPSA) is 87.3 Å². The summed E-state index contributed by atoms with van der Waals surface area (Å²) in [6, 6.07) is 4.58. The van der Waals surface area contributed by atoms with Crippen LogP contribution in [0.25, 0.3) is 0 Å². The summed E-state index contributed by atoms with van der Waals surface area (Å²) in [5.74, 6) is 0.150. The van der Waals surface area contributed by atoms with Gasteiger partial charge in [0.25, 0.3) is 5.91 Å². The molecular weight excluding hydrogens is 338 g/mol. The van der Waals surface area contributed by atoms with Crippen LogP contribution in [-0.2, 0) is 9.59 Å². The van der Waals surface area contributed by atoms with E-state index in [1.165, 1.54) is 0 Å². The molecule has 0 aliphatic heterocycles. The zero-order valence-corrected chi connectivity index (χ0v) is 16.1. The lowest BCUT2D eigenvalue weighted by Crippen LogP contribution is -2.44. The van der Waals surface area contributed by atoms with Crippen LogP contribution in [0.15, 0.2) is 18.2 Å². The molecule has 0 saturated heterocycles. The molecule has 3 N–H and O–H groups in total. The Kier molecular flexibility index (Phi) is 9.05. The summed E-state index contributed by atoms with van der Waals surface area (Å²) >= 11 is 1.62. The number of anilines is 1. The fourth-order valence-corrected chi connectivity index (χ4v) is 2.65. The van der Waals surface area contributed by atoms with Gasteiger partial charge in [0.2, 0.25) is 11.8 Å². The Morgan fingerprint density at radius 1 is 1.20 bits per heavy atom. The molecular formula is C18H27N3O3S. The molecule has 25 heavy (non-hydrogen) atoms. The fraction of sp³-hybridized carbons (Fsp3) is 0.500. The van der Waals surface area contributed by atoms with Crippen molar-refractivity contribution >= 4 is 35.2 Å². The van der Waals surface area contributed by atoms with E-state index in [0.717, 1.165) is 11.3 Å². The first-order chi connectivity index (χ1) is 11.9. The minimum atomic E-state index is -0.590. The van der Waals surface area contributed by atoms with Crippen LogP contribution in [0.3, 0.4) is 0 Å².